The van der Waals surface area contributed by atoms with Gasteiger partial charge in [-0.3, -0.25) is 0 Å². The number of fused-ring (bicyclic) bond motifs is 1. The molecule has 1 atom stereocenters. The van der Waals surface area contributed by atoms with Crippen LogP contribution in [0.2, 0.25) is 0 Å². The number of likely N-dealkylation sites (tertiary alicyclic amines) is 1. The number of carbonyl (C=O) groups is 1. The zero-order valence-electron chi connectivity index (χ0n) is 20.2. The first kappa shape index (κ1) is 23.7. The third-order valence-corrected chi connectivity index (χ3v) is 5.47. The maximum absolute atomic E-state index is 12.6. The first-order valence-electron chi connectivity index (χ1n) is 11.5. The fraction of sp³-hybridized carbons (Fsp3) is 0.500. The molecule has 10 heteroatoms. The number of ether oxygens (including phenoxy) is 3. The lowest BCUT2D eigenvalue weighted by Crippen LogP contribution is -2.43. The van der Waals surface area contributed by atoms with Crippen LogP contribution in [0.4, 0.5) is 16.3 Å². The van der Waals surface area contributed by atoms with Crippen LogP contribution in [0.1, 0.15) is 39.7 Å². The topological polar surface area (TPSA) is 104 Å². The molecule has 0 unspecified atom stereocenters. The molecule has 0 radical (unpaired) electrons. The number of benzene rings is 1. The molecule has 0 spiro atoms. The molecule has 4 rings (SSSR count). The minimum absolute atomic E-state index is 0.0672. The number of amides is 1. The van der Waals surface area contributed by atoms with Gasteiger partial charge in [-0.2, -0.15) is 0 Å². The van der Waals surface area contributed by atoms with Gasteiger partial charge in [-0.15, -0.1) is 0 Å². The van der Waals surface area contributed by atoms with Gasteiger partial charge in [0.2, 0.25) is 0 Å². The third-order valence-electron chi connectivity index (χ3n) is 5.47. The van der Waals surface area contributed by atoms with Crippen molar-refractivity contribution in [2.24, 2.45) is 0 Å². The second-order valence-corrected chi connectivity index (χ2v) is 9.26. The molecule has 0 bridgehead atoms. The summed E-state index contributed by atoms with van der Waals surface area (Å²) in [5, 5.41) is 3.32. The van der Waals surface area contributed by atoms with Crippen LogP contribution in [0.5, 0.6) is 5.75 Å². The summed E-state index contributed by atoms with van der Waals surface area (Å²) >= 11 is 0. The zero-order chi connectivity index (χ0) is 24.1. The first-order chi connectivity index (χ1) is 16.3. The standard InChI is InChI=1S/C24H32N6O4/c1-24(2,3)34-23(31)29-11-5-6-18(14-29)30-16-27-20-21(25-15-26-22(20)30)28-17-7-9-19(10-8-17)33-13-12-32-4/h7-10,15-16,18H,5-6,11-14H2,1-4H3,(H,25,26,28)/t18-/m1/s1. The Kier molecular flexibility index (Phi) is 7.16. The maximum Gasteiger partial charge on any atom is 0.410 e. The second-order valence-electron chi connectivity index (χ2n) is 9.26. The highest BCUT2D eigenvalue weighted by Crippen LogP contribution is 2.29. The van der Waals surface area contributed by atoms with Gasteiger partial charge in [0.05, 0.1) is 19.0 Å². The lowest BCUT2D eigenvalue weighted by molar-refractivity contribution is 0.0174. The SMILES string of the molecule is COCCOc1ccc(Nc2ncnc3c2ncn3[C@@H]2CCCN(C(=O)OC(C)(C)C)C2)cc1. The number of rotatable bonds is 7. The number of methoxy groups -OCH3 is 1. The Morgan fingerprint density at radius 3 is 2.68 bits per heavy atom. The van der Waals surface area contributed by atoms with E-state index < -0.39 is 5.60 Å². The molecule has 1 saturated heterocycles. The highest BCUT2D eigenvalue weighted by molar-refractivity contribution is 5.85. The maximum atomic E-state index is 12.6. The van der Waals surface area contributed by atoms with Gasteiger partial charge >= 0.3 is 6.09 Å². The summed E-state index contributed by atoms with van der Waals surface area (Å²) < 4.78 is 18.2. The van der Waals surface area contributed by atoms with Crippen molar-refractivity contribution in [1.82, 2.24) is 24.4 Å². The number of carbonyl (C=O) groups excluding carboxylic acids is 1. The summed E-state index contributed by atoms with van der Waals surface area (Å²) in [6.07, 6.45) is 4.84. The van der Waals surface area contributed by atoms with E-state index in [1.165, 1.54) is 6.33 Å². The van der Waals surface area contributed by atoms with Crippen molar-refractivity contribution in [3.63, 3.8) is 0 Å². The molecule has 1 aliphatic rings. The van der Waals surface area contributed by atoms with Crippen LogP contribution in [0.3, 0.4) is 0 Å². The van der Waals surface area contributed by atoms with Gasteiger partial charge in [0, 0.05) is 25.9 Å². The number of nitrogens with one attached hydrogen (secondary N) is 1. The van der Waals surface area contributed by atoms with E-state index in [9.17, 15) is 4.79 Å². The van der Waals surface area contributed by atoms with Gasteiger partial charge in [-0.25, -0.2) is 19.7 Å². The molecule has 34 heavy (non-hydrogen) atoms. The largest absolute Gasteiger partial charge is 0.491 e. The van der Waals surface area contributed by atoms with Crippen molar-refractivity contribution in [2.45, 2.75) is 45.3 Å². The molecular weight excluding hydrogens is 436 g/mol. The van der Waals surface area contributed by atoms with E-state index in [1.54, 1.807) is 18.3 Å². The molecular formula is C24H32N6O4. The molecule has 3 heterocycles. The number of anilines is 2. The van der Waals surface area contributed by atoms with E-state index in [4.69, 9.17) is 14.2 Å². The molecule has 10 nitrogen and oxygen atoms in total. The number of hydrogen-bond acceptors (Lipinski definition) is 8. The Balaban J connectivity index is 1.48. The minimum atomic E-state index is -0.520. The predicted molar refractivity (Wildman–Crippen MR) is 128 cm³/mol. The summed E-state index contributed by atoms with van der Waals surface area (Å²) in [6, 6.07) is 7.70. The van der Waals surface area contributed by atoms with Crippen LogP contribution >= 0.6 is 0 Å². The van der Waals surface area contributed by atoms with Crippen LogP contribution in [-0.2, 0) is 9.47 Å². The second kappa shape index (κ2) is 10.3. The molecule has 1 aromatic carbocycles. The molecule has 0 saturated carbocycles. The number of piperidine rings is 1. The summed E-state index contributed by atoms with van der Waals surface area (Å²) in [5.41, 5.74) is 1.75. The van der Waals surface area contributed by atoms with Crippen molar-refractivity contribution < 1.29 is 19.0 Å². The van der Waals surface area contributed by atoms with Crippen LogP contribution in [-0.4, -0.2) is 69.5 Å². The summed E-state index contributed by atoms with van der Waals surface area (Å²) in [6.45, 7) is 7.91. The number of nitrogens with zero attached hydrogens (tertiary/aromatic N) is 5. The zero-order valence-corrected chi connectivity index (χ0v) is 20.2. The highest BCUT2D eigenvalue weighted by atomic mass is 16.6. The van der Waals surface area contributed by atoms with Crippen LogP contribution < -0.4 is 10.1 Å². The molecule has 182 valence electrons. The summed E-state index contributed by atoms with van der Waals surface area (Å²) in [4.78, 5) is 27.8. The molecule has 1 amide bonds. The van der Waals surface area contributed by atoms with Gasteiger partial charge < -0.3 is 29.0 Å². The molecule has 1 fully saturated rings. The number of imidazole rings is 1. The van der Waals surface area contributed by atoms with E-state index in [0.29, 0.717) is 37.6 Å². The number of hydrogen-bond donors (Lipinski definition) is 1. The Bertz CT molecular complexity index is 1110. The average Bonchev–Trinajstić information content (AvgIpc) is 3.25. The van der Waals surface area contributed by atoms with E-state index in [1.807, 2.05) is 49.6 Å². The Labute approximate surface area is 199 Å². The summed E-state index contributed by atoms with van der Waals surface area (Å²) in [7, 11) is 1.64. The van der Waals surface area contributed by atoms with Crippen LogP contribution in [0.25, 0.3) is 11.2 Å². The molecule has 1 N–H and O–H groups in total. The van der Waals surface area contributed by atoms with Crippen LogP contribution in [0, 0.1) is 0 Å². The number of aromatic nitrogens is 4. The quantitative estimate of drug-likeness (QED) is 0.516. The van der Waals surface area contributed by atoms with Crippen molar-refractivity contribution in [1.29, 1.82) is 0 Å². The molecule has 2 aromatic heterocycles. The van der Waals surface area contributed by atoms with Crippen LogP contribution in [0.15, 0.2) is 36.9 Å². The van der Waals surface area contributed by atoms with Gasteiger partial charge in [0.25, 0.3) is 0 Å². The Hall–Kier alpha value is -3.40. The van der Waals surface area contributed by atoms with E-state index >= 15 is 0 Å². The van der Waals surface area contributed by atoms with Crippen molar-refractivity contribution in [3.8, 4) is 5.75 Å². The average molecular weight is 469 g/mol. The molecule has 3 aromatic rings. The Morgan fingerprint density at radius 2 is 1.94 bits per heavy atom. The van der Waals surface area contributed by atoms with E-state index in [2.05, 4.69) is 20.3 Å². The van der Waals surface area contributed by atoms with Gasteiger partial charge in [-0.1, -0.05) is 0 Å². The smallest absolute Gasteiger partial charge is 0.410 e. The minimum Gasteiger partial charge on any atom is -0.491 e. The normalized spacial score (nSPS) is 16.5. The van der Waals surface area contributed by atoms with Crippen molar-refractivity contribution in [2.75, 3.05) is 38.7 Å². The fourth-order valence-corrected chi connectivity index (χ4v) is 3.90. The molecule has 0 aliphatic carbocycles. The predicted octanol–water partition coefficient (Wildman–Crippen LogP) is 4.17. The van der Waals surface area contributed by atoms with E-state index in [0.717, 1.165) is 29.9 Å². The molecule has 1 aliphatic heterocycles. The van der Waals surface area contributed by atoms with Crippen molar-refractivity contribution >= 4 is 28.8 Å². The Morgan fingerprint density at radius 1 is 1.15 bits per heavy atom. The van der Waals surface area contributed by atoms with Gasteiger partial charge in [0.15, 0.2) is 17.0 Å². The van der Waals surface area contributed by atoms with E-state index in [-0.39, 0.29) is 12.1 Å². The highest BCUT2D eigenvalue weighted by Gasteiger charge is 2.29. The first-order valence-corrected chi connectivity index (χ1v) is 11.5. The third kappa shape index (κ3) is 5.74. The van der Waals surface area contributed by atoms with Crippen molar-refractivity contribution in [3.05, 3.63) is 36.9 Å². The lowest BCUT2D eigenvalue weighted by atomic mass is 10.1. The van der Waals surface area contributed by atoms with Gasteiger partial charge in [0.1, 0.15) is 24.3 Å². The van der Waals surface area contributed by atoms with Gasteiger partial charge in [-0.05, 0) is 57.9 Å². The lowest BCUT2D eigenvalue weighted by Gasteiger charge is -2.34. The monoisotopic (exact) mass is 468 g/mol. The fourth-order valence-electron chi connectivity index (χ4n) is 3.90. The summed E-state index contributed by atoms with van der Waals surface area (Å²) in [5.74, 6) is 1.39.